The Labute approximate surface area is 177 Å². The van der Waals surface area contributed by atoms with Gasteiger partial charge in [-0.25, -0.2) is 4.98 Å². The van der Waals surface area contributed by atoms with Crippen LogP contribution in [-0.4, -0.2) is 34.9 Å². The smallest absolute Gasteiger partial charge is 0.267 e. The molecular weight excluding hydrogens is 406 g/mol. The topological polar surface area (TPSA) is 73.2 Å². The molecule has 1 N–H and O–H groups in total. The van der Waals surface area contributed by atoms with Crippen LogP contribution >= 0.6 is 23.1 Å². The first kappa shape index (κ1) is 21.1. The molecule has 0 radical (unpaired) electrons. The molecule has 3 rings (SSSR count). The van der Waals surface area contributed by atoms with Crippen LogP contribution in [0.2, 0.25) is 0 Å². The average Bonchev–Trinajstić information content (AvgIpc) is 3.06. The number of nitrogens with zero attached hydrogens (tertiary/aromatic N) is 2. The van der Waals surface area contributed by atoms with Crippen molar-refractivity contribution in [1.82, 2.24) is 14.9 Å². The number of aryl methyl sites for hydroxylation is 2. The zero-order valence-electron chi connectivity index (χ0n) is 16.7. The Balaban J connectivity index is 2.15. The molecule has 0 aliphatic carbocycles. The Bertz CT molecular complexity index is 1120. The molecule has 0 spiro atoms. The number of ether oxygens (including phenoxy) is 1. The van der Waals surface area contributed by atoms with Gasteiger partial charge in [-0.2, -0.15) is 0 Å². The molecule has 0 atom stereocenters. The number of amides is 1. The molecule has 1 aromatic carbocycles. The maximum absolute atomic E-state index is 13.5. The molecule has 0 saturated carbocycles. The number of carbonyl (C=O) groups excluding carboxylic acids is 1. The Morgan fingerprint density at radius 1 is 1.45 bits per heavy atom. The number of rotatable bonds is 8. The number of thiophene rings is 1. The van der Waals surface area contributed by atoms with E-state index in [1.54, 1.807) is 23.8 Å². The highest BCUT2D eigenvalue weighted by atomic mass is 32.2. The summed E-state index contributed by atoms with van der Waals surface area (Å²) in [6.07, 6.45) is 2.47. The predicted molar refractivity (Wildman–Crippen MR) is 120 cm³/mol. The van der Waals surface area contributed by atoms with Gasteiger partial charge in [0.2, 0.25) is 5.91 Å². The van der Waals surface area contributed by atoms with Gasteiger partial charge in [0, 0.05) is 17.5 Å². The summed E-state index contributed by atoms with van der Waals surface area (Å²) < 4.78 is 6.88. The standard InChI is InChI=1S/C21H23N3O3S2/c1-5-10-22-17(25)12-28-21-23-19-18(13(3)16(6-2)29-19)20(26)24(21)14-8-7-9-15(11-14)27-4/h5,7-9,11H,1,6,10,12H2,2-4H3,(H,22,25). The minimum atomic E-state index is -0.141. The fourth-order valence-corrected chi connectivity index (χ4v) is 4.99. The fourth-order valence-electron chi connectivity index (χ4n) is 2.99. The molecule has 3 aromatic rings. The summed E-state index contributed by atoms with van der Waals surface area (Å²) >= 11 is 2.77. The fraction of sp³-hybridized carbons (Fsp3) is 0.286. The van der Waals surface area contributed by atoms with Gasteiger partial charge in [0.1, 0.15) is 10.6 Å². The molecule has 0 bridgehead atoms. The Hall–Kier alpha value is -2.58. The van der Waals surface area contributed by atoms with Gasteiger partial charge in [0.15, 0.2) is 5.16 Å². The predicted octanol–water partition coefficient (Wildman–Crippen LogP) is 3.72. The Morgan fingerprint density at radius 2 is 2.24 bits per heavy atom. The van der Waals surface area contributed by atoms with E-state index in [2.05, 4.69) is 18.8 Å². The zero-order valence-corrected chi connectivity index (χ0v) is 18.3. The summed E-state index contributed by atoms with van der Waals surface area (Å²) in [5.41, 5.74) is 1.49. The van der Waals surface area contributed by atoms with E-state index in [-0.39, 0.29) is 17.2 Å². The molecule has 152 valence electrons. The molecule has 0 fully saturated rings. The van der Waals surface area contributed by atoms with Crippen LogP contribution in [0.3, 0.4) is 0 Å². The van der Waals surface area contributed by atoms with Crippen LogP contribution in [-0.2, 0) is 11.2 Å². The van der Waals surface area contributed by atoms with Crippen LogP contribution in [0.4, 0.5) is 0 Å². The monoisotopic (exact) mass is 429 g/mol. The first-order chi connectivity index (χ1) is 14.0. The van der Waals surface area contributed by atoms with Gasteiger partial charge in [-0.1, -0.05) is 30.8 Å². The normalized spacial score (nSPS) is 10.9. The lowest BCUT2D eigenvalue weighted by atomic mass is 10.2. The van der Waals surface area contributed by atoms with Crippen LogP contribution < -0.4 is 15.6 Å². The summed E-state index contributed by atoms with van der Waals surface area (Å²) in [6.45, 7) is 8.03. The second-order valence-corrected chi connectivity index (χ2v) is 8.33. The molecule has 2 heterocycles. The van der Waals surface area contributed by atoms with Crippen molar-refractivity contribution in [2.45, 2.75) is 25.4 Å². The second-order valence-electron chi connectivity index (χ2n) is 6.30. The van der Waals surface area contributed by atoms with E-state index in [1.807, 2.05) is 25.1 Å². The molecule has 1 amide bonds. The number of nitrogens with one attached hydrogen (secondary N) is 1. The van der Waals surface area contributed by atoms with E-state index in [0.717, 1.165) is 16.9 Å². The van der Waals surface area contributed by atoms with Crippen LogP contribution in [0.5, 0.6) is 5.75 Å². The van der Waals surface area contributed by atoms with E-state index >= 15 is 0 Å². The summed E-state index contributed by atoms with van der Waals surface area (Å²) in [4.78, 5) is 32.1. The quantitative estimate of drug-likeness (QED) is 0.336. The highest BCUT2D eigenvalue weighted by molar-refractivity contribution is 7.99. The lowest BCUT2D eigenvalue weighted by Gasteiger charge is -2.13. The average molecular weight is 430 g/mol. The molecule has 2 aromatic heterocycles. The van der Waals surface area contributed by atoms with Crippen LogP contribution in [0.25, 0.3) is 15.9 Å². The third-order valence-electron chi connectivity index (χ3n) is 4.44. The van der Waals surface area contributed by atoms with Gasteiger partial charge >= 0.3 is 0 Å². The van der Waals surface area contributed by atoms with E-state index in [9.17, 15) is 9.59 Å². The number of hydrogen-bond donors (Lipinski definition) is 1. The molecule has 0 unspecified atom stereocenters. The second kappa shape index (κ2) is 9.28. The van der Waals surface area contributed by atoms with Crippen molar-refractivity contribution in [3.05, 3.63) is 57.7 Å². The summed E-state index contributed by atoms with van der Waals surface area (Å²) in [7, 11) is 1.58. The van der Waals surface area contributed by atoms with E-state index in [0.29, 0.717) is 33.4 Å². The minimum Gasteiger partial charge on any atom is -0.497 e. The molecule has 0 saturated heterocycles. The number of methoxy groups -OCH3 is 1. The number of hydrogen-bond acceptors (Lipinski definition) is 6. The van der Waals surface area contributed by atoms with Crippen LogP contribution in [0.15, 0.2) is 46.9 Å². The Kier molecular flexibility index (Phi) is 6.76. The van der Waals surface area contributed by atoms with Crippen LogP contribution in [0.1, 0.15) is 17.4 Å². The third-order valence-corrected chi connectivity index (χ3v) is 6.71. The maximum Gasteiger partial charge on any atom is 0.267 e. The molecule has 6 nitrogen and oxygen atoms in total. The van der Waals surface area contributed by atoms with E-state index in [1.165, 1.54) is 23.1 Å². The zero-order chi connectivity index (χ0) is 21.0. The molecule has 29 heavy (non-hydrogen) atoms. The first-order valence-electron chi connectivity index (χ1n) is 9.20. The molecule has 8 heteroatoms. The van der Waals surface area contributed by atoms with E-state index < -0.39 is 0 Å². The first-order valence-corrected chi connectivity index (χ1v) is 11.0. The van der Waals surface area contributed by atoms with E-state index in [4.69, 9.17) is 9.72 Å². The number of aromatic nitrogens is 2. The Morgan fingerprint density at radius 3 is 2.93 bits per heavy atom. The molecule has 0 aliphatic rings. The number of thioether (sulfide) groups is 1. The SMILES string of the molecule is C=CCNC(=O)CSc1nc2sc(CC)c(C)c2c(=O)n1-c1cccc(OC)c1. The summed E-state index contributed by atoms with van der Waals surface area (Å²) in [5.74, 6) is 0.657. The maximum atomic E-state index is 13.5. The van der Waals surface area contributed by atoms with Crippen molar-refractivity contribution >= 4 is 39.2 Å². The number of fused-ring (bicyclic) bond motifs is 1. The van der Waals surface area contributed by atoms with Crippen LogP contribution in [0, 0.1) is 6.92 Å². The van der Waals surface area contributed by atoms with Gasteiger partial charge < -0.3 is 10.1 Å². The number of carbonyl (C=O) groups is 1. The highest BCUT2D eigenvalue weighted by Crippen LogP contribution is 2.31. The van der Waals surface area contributed by atoms with Gasteiger partial charge in [-0.05, 0) is 31.0 Å². The lowest BCUT2D eigenvalue weighted by Crippen LogP contribution is -2.26. The molecular formula is C21H23N3O3S2. The van der Waals surface area contributed by atoms with Gasteiger partial charge in [-0.3, -0.25) is 14.2 Å². The molecule has 0 aliphatic heterocycles. The van der Waals surface area contributed by atoms with Crippen molar-refractivity contribution in [2.24, 2.45) is 0 Å². The van der Waals surface area contributed by atoms with Gasteiger partial charge in [0.25, 0.3) is 5.56 Å². The van der Waals surface area contributed by atoms with Gasteiger partial charge in [-0.15, -0.1) is 17.9 Å². The minimum absolute atomic E-state index is 0.134. The summed E-state index contributed by atoms with van der Waals surface area (Å²) in [6, 6.07) is 7.27. The third kappa shape index (κ3) is 4.38. The van der Waals surface area contributed by atoms with Crippen molar-refractivity contribution in [1.29, 1.82) is 0 Å². The van der Waals surface area contributed by atoms with Crippen molar-refractivity contribution < 1.29 is 9.53 Å². The number of benzene rings is 1. The van der Waals surface area contributed by atoms with Crippen molar-refractivity contribution in [2.75, 3.05) is 19.4 Å². The lowest BCUT2D eigenvalue weighted by molar-refractivity contribution is -0.118. The largest absolute Gasteiger partial charge is 0.497 e. The summed E-state index contributed by atoms with van der Waals surface area (Å²) in [5, 5.41) is 3.86. The van der Waals surface area contributed by atoms with Crippen molar-refractivity contribution in [3.8, 4) is 11.4 Å². The van der Waals surface area contributed by atoms with Gasteiger partial charge in [0.05, 0.1) is 23.9 Å². The van der Waals surface area contributed by atoms with Crippen molar-refractivity contribution in [3.63, 3.8) is 0 Å². The highest BCUT2D eigenvalue weighted by Gasteiger charge is 2.19.